The number of aliphatic imine (C=N–C) groups is 1. The average Bonchev–Trinajstić information content (AvgIpc) is 3.54. The molecule has 144 valence electrons. The first-order valence-electron chi connectivity index (χ1n) is 8.50. The molecule has 0 spiro atoms. The number of ether oxygens (including phenoxy) is 1. The van der Waals surface area contributed by atoms with Gasteiger partial charge in [-0.3, -0.25) is 9.69 Å². The highest BCUT2D eigenvalue weighted by Gasteiger charge is 2.33. The number of anilines is 2. The Morgan fingerprint density at radius 2 is 2.30 bits per heavy atom. The molecular weight excluding hydrogens is 346 g/mol. The quantitative estimate of drug-likeness (QED) is 0.444. The molecule has 5 N–H and O–H groups in total. The van der Waals surface area contributed by atoms with E-state index in [4.69, 9.17) is 15.9 Å². The smallest absolute Gasteiger partial charge is 0.231 e. The van der Waals surface area contributed by atoms with E-state index in [0.29, 0.717) is 23.1 Å². The Morgan fingerprint density at radius 1 is 1.56 bits per heavy atom. The lowest BCUT2D eigenvalue weighted by Gasteiger charge is -2.19. The van der Waals surface area contributed by atoms with Crippen LogP contribution in [-0.4, -0.2) is 48.9 Å². The van der Waals surface area contributed by atoms with E-state index in [9.17, 15) is 4.79 Å². The van der Waals surface area contributed by atoms with Crippen molar-refractivity contribution >= 4 is 29.8 Å². The van der Waals surface area contributed by atoms with Crippen LogP contribution >= 0.6 is 0 Å². The second-order valence-electron chi connectivity index (χ2n) is 5.96. The van der Waals surface area contributed by atoms with Gasteiger partial charge in [-0.2, -0.15) is 0 Å². The number of nitrogens with one attached hydrogen (secondary N) is 3. The lowest BCUT2D eigenvalue weighted by Crippen LogP contribution is -2.30. The molecule has 0 saturated heterocycles. The van der Waals surface area contributed by atoms with Crippen molar-refractivity contribution in [3.63, 3.8) is 0 Å². The Hall–Kier alpha value is -3.36. The van der Waals surface area contributed by atoms with Crippen molar-refractivity contribution in [2.75, 3.05) is 31.7 Å². The number of nitrogen functional groups attached to an aromatic ring is 1. The second-order valence-corrected chi connectivity index (χ2v) is 5.96. The molecule has 2 heterocycles. The van der Waals surface area contributed by atoms with E-state index in [1.165, 1.54) is 6.20 Å². The van der Waals surface area contributed by atoms with E-state index in [1.54, 1.807) is 37.5 Å². The highest BCUT2D eigenvalue weighted by atomic mass is 16.5. The van der Waals surface area contributed by atoms with Gasteiger partial charge in [0.1, 0.15) is 23.1 Å². The van der Waals surface area contributed by atoms with Gasteiger partial charge >= 0.3 is 0 Å². The van der Waals surface area contributed by atoms with Gasteiger partial charge in [0.25, 0.3) is 0 Å². The maximum Gasteiger partial charge on any atom is 0.231 e. The molecule has 3 rings (SSSR count). The van der Waals surface area contributed by atoms with Crippen molar-refractivity contribution in [2.24, 2.45) is 10.9 Å². The van der Waals surface area contributed by atoms with Crippen LogP contribution in [-0.2, 0) is 4.79 Å². The number of aromatic nitrogens is 1. The topological polar surface area (TPSA) is 129 Å². The number of carbonyl (C=O) groups excluding carboxylic acids is 1. The minimum Gasteiger partial charge on any atom is -0.455 e. The molecule has 1 aromatic heterocycles. The third-order valence-electron chi connectivity index (χ3n) is 3.84. The SMILES string of the molecule is C=C(C=N)Oc1cnc(N)c(NC)c1.CN(C(=O)C1CC1)C1=CNCC=N1. The lowest BCUT2D eigenvalue weighted by molar-refractivity contribution is -0.129. The number of nitrogens with zero attached hydrogens (tertiary/aromatic N) is 3. The van der Waals surface area contributed by atoms with Crippen LogP contribution in [0, 0.1) is 11.3 Å². The van der Waals surface area contributed by atoms with Gasteiger partial charge in [0.2, 0.25) is 5.91 Å². The fourth-order valence-corrected chi connectivity index (χ4v) is 2.17. The molecule has 1 amide bonds. The van der Waals surface area contributed by atoms with E-state index in [1.807, 2.05) is 0 Å². The van der Waals surface area contributed by atoms with Gasteiger partial charge in [0, 0.05) is 45.0 Å². The summed E-state index contributed by atoms with van der Waals surface area (Å²) in [6.45, 7) is 4.25. The van der Waals surface area contributed by atoms with Crippen molar-refractivity contribution in [1.82, 2.24) is 15.2 Å². The van der Waals surface area contributed by atoms with E-state index in [-0.39, 0.29) is 17.6 Å². The van der Waals surface area contributed by atoms with Crippen molar-refractivity contribution in [2.45, 2.75) is 12.8 Å². The number of hydrogen-bond donors (Lipinski definition) is 4. The molecule has 1 aliphatic carbocycles. The number of rotatable bonds is 6. The minimum absolute atomic E-state index is 0.187. The van der Waals surface area contributed by atoms with Gasteiger partial charge in [0.15, 0.2) is 0 Å². The van der Waals surface area contributed by atoms with Crippen molar-refractivity contribution < 1.29 is 9.53 Å². The molecule has 1 fully saturated rings. The second kappa shape index (κ2) is 9.37. The number of allylic oxidation sites excluding steroid dienone is 1. The normalized spacial score (nSPS) is 14.7. The zero-order valence-corrected chi connectivity index (χ0v) is 15.5. The monoisotopic (exact) mass is 371 g/mol. The lowest BCUT2D eigenvalue weighted by atomic mass is 10.3. The molecule has 2 aliphatic rings. The summed E-state index contributed by atoms with van der Waals surface area (Å²) in [5.41, 5.74) is 6.25. The summed E-state index contributed by atoms with van der Waals surface area (Å²) in [5, 5.41) is 12.8. The molecule has 9 nitrogen and oxygen atoms in total. The molecule has 1 aromatic rings. The van der Waals surface area contributed by atoms with Gasteiger partial charge < -0.3 is 26.5 Å². The summed E-state index contributed by atoms with van der Waals surface area (Å²) in [4.78, 5) is 21.3. The van der Waals surface area contributed by atoms with E-state index in [2.05, 4.69) is 27.2 Å². The molecule has 27 heavy (non-hydrogen) atoms. The number of pyridine rings is 1. The molecule has 1 aliphatic heterocycles. The van der Waals surface area contributed by atoms with Crippen LogP contribution in [0.1, 0.15) is 12.8 Å². The molecule has 9 heteroatoms. The largest absolute Gasteiger partial charge is 0.455 e. The van der Waals surface area contributed by atoms with Crippen LogP contribution in [0.4, 0.5) is 11.5 Å². The van der Waals surface area contributed by atoms with E-state index >= 15 is 0 Å². The first-order chi connectivity index (χ1) is 13.0. The first-order valence-corrected chi connectivity index (χ1v) is 8.50. The first kappa shape index (κ1) is 20.0. The Labute approximate surface area is 158 Å². The standard InChI is InChI=1S/C9H12N4O.C9H13N3O/c1-6(4-10)14-7-3-8(12-2)9(11)13-5-7;1-12(9(13)7-2-3-7)8-6-10-4-5-11-8/h3-5,10,12H,1H2,2H3,(H2,11,13);5-7,10H,2-4H2,1H3. The van der Waals surface area contributed by atoms with Crippen LogP contribution in [0.3, 0.4) is 0 Å². The summed E-state index contributed by atoms with van der Waals surface area (Å²) in [7, 11) is 3.51. The highest BCUT2D eigenvalue weighted by molar-refractivity contribution is 5.82. The average molecular weight is 371 g/mol. The number of amides is 1. The number of nitrogens with two attached hydrogens (primary N) is 1. The summed E-state index contributed by atoms with van der Waals surface area (Å²) in [5.74, 6) is 2.30. The van der Waals surface area contributed by atoms with Crippen LogP contribution in [0.15, 0.2) is 41.6 Å². The van der Waals surface area contributed by atoms with E-state index < -0.39 is 0 Å². The summed E-state index contributed by atoms with van der Waals surface area (Å²) < 4.78 is 5.17. The van der Waals surface area contributed by atoms with E-state index in [0.717, 1.165) is 25.6 Å². The van der Waals surface area contributed by atoms with Crippen molar-refractivity contribution in [3.8, 4) is 5.75 Å². The molecular formula is C18H25N7O2. The fraction of sp³-hybridized carbons (Fsp3) is 0.333. The zero-order valence-electron chi connectivity index (χ0n) is 15.5. The summed E-state index contributed by atoms with van der Waals surface area (Å²) >= 11 is 0. The third-order valence-corrected chi connectivity index (χ3v) is 3.84. The van der Waals surface area contributed by atoms with Crippen molar-refractivity contribution in [1.29, 1.82) is 5.41 Å². The molecule has 0 atom stereocenters. The van der Waals surface area contributed by atoms with Crippen LogP contribution in [0.2, 0.25) is 0 Å². The van der Waals surface area contributed by atoms with Crippen LogP contribution in [0.5, 0.6) is 5.75 Å². The minimum atomic E-state index is 0.187. The summed E-state index contributed by atoms with van der Waals surface area (Å²) in [6, 6.07) is 1.69. The van der Waals surface area contributed by atoms with Gasteiger partial charge in [-0.15, -0.1) is 0 Å². The summed E-state index contributed by atoms with van der Waals surface area (Å²) in [6.07, 6.45) is 8.12. The predicted molar refractivity (Wildman–Crippen MR) is 107 cm³/mol. The molecule has 0 unspecified atom stereocenters. The fourth-order valence-electron chi connectivity index (χ4n) is 2.17. The number of hydrogen-bond acceptors (Lipinski definition) is 8. The maximum atomic E-state index is 11.6. The Morgan fingerprint density at radius 3 is 2.85 bits per heavy atom. The van der Waals surface area contributed by atoms with Gasteiger partial charge in [-0.1, -0.05) is 6.58 Å². The zero-order chi connectivity index (χ0) is 19.8. The van der Waals surface area contributed by atoms with Crippen LogP contribution < -0.4 is 21.1 Å². The van der Waals surface area contributed by atoms with Gasteiger partial charge in [-0.05, 0) is 12.8 Å². The molecule has 0 bridgehead atoms. The van der Waals surface area contributed by atoms with Gasteiger partial charge in [0.05, 0.1) is 18.1 Å². The molecule has 0 aromatic carbocycles. The maximum absolute atomic E-state index is 11.6. The van der Waals surface area contributed by atoms with Gasteiger partial charge in [-0.25, -0.2) is 9.98 Å². The molecule has 1 saturated carbocycles. The Balaban J connectivity index is 0.000000194. The third kappa shape index (κ3) is 5.84. The highest BCUT2D eigenvalue weighted by Crippen LogP contribution is 2.31. The Kier molecular flexibility index (Phi) is 6.93. The number of carbonyl (C=O) groups is 1. The van der Waals surface area contributed by atoms with Crippen molar-refractivity contribution in [3.05, 3.63) is 36.6 Å². The predicted octanol–water partition coefficient (Wildman–Crippen LogP) is 1.58. The van der Waals surface area contributed by atoms with Crippen LogP contribution in [0.25, 0.3) is 0 Å². The Bertz CT molecular complexity index is 769. The molecule has 0 radical (unpaired) electrons.